The molecule has 1 rings (SSSR count). The Morgan fingerprint density at radius 2 is 1.78 bits per heavy atom. The van der Waals surface area contributed by atoms with Crippen molar-refractivity contribution in [3.8, 4) is 0 Å². The van der Waals surface area contributed by atoms with E-state index in [4.69, 9.17) is 5.11 Å². The van der Waals surface area contributed by atoms with Gasteiger partial charge in [0.1, 0.15) is 0 Å². The van der Waals surface area contributed by atoms with Crippen molar-refractivity contribution in [2.24, 2.45) is 0 Å². The van der Waals surface area contributed by atoms with Crippen molar-refractivity contribution in [3.05, 3.63) is 0 Å². The highest BCUT2D eigenvalue weighted by molar-refractivity contribution is 7.93. The summed E-state index contributed by atoms with van der Waals surface area (Å²) < 4.78 is 56.2. The van der Waals surface area contributed by atoms with Gasteiger partial charge in [0.05, 0.1) is 0 Å². The number of amides is 1. The number of carbonyl (C=O) groups is 2. The molecule has 0 bridgehead atoms. The van der Waals surface area contributed by atoms with Gasteiger partial charge in [-0.1, -0.05) is 0 Å². The Morgan fingerprint density at radius 3 is 2.06 bits per heavy atom. The monoisotopic (exact) mass is 289 g/mol. The van der Waals surface area contributed by atoms with Crippen molar-refractivity contribution in [2.45, 2.75) is 29.8 Å². The SMILES string of the molecule is CS(=O)(=O)C1(C(=O)O)CC(NC(=O)C(F)(F)F)C1. The minimum Gasteiger partial charge on any atom is -0.480 e. The topological polar surface area (TPSA) is 101 Å². The van der Waals surface area contributed by atoms with Crippen LogP contribution < -0.4 is 5.32 Å². The number of carbonyl (C=O) groups excluding carboxylic acids is 1. The van der Waals surface area contributed by atoms with Crippen LogP contribution >= 0.6 is 0 Å². The number of halogens is 3. The van der Waals surface area contributed by atoms with E-state index >= 15 is 0 Å². The lowest BCUT2D eigenvalue weighted by Gasteiger charge is -2.42. The van der Waals surface area contributed by atoms with Gasteiger partial charge >= 0.3 is 18.1 Å². The molecule has 2 N–H and O–H groups in total. The molecule has 0 saturated heterocycles. The molecule has 0 heterocycles. The number of alkyl halides is 3. The summed E-state index contributed by atoms with van der Waals surface area (Å²) in [6.07, 6.45) is -5.51. The zero-order valence-electron chi connectivity index (χ0n) is 9.11. The zero-order valence-corrected chi connectivity index (χ0v) is 9.93. The quantitative estimate of drug-likeness (QED) is 0.742. The normalized spacial score (nSPS) is 28.3. The van der Waals surface area contributed by atoms with Crippen molar-refractivity contribution >= 4 is 21.7 Å². The zero-order chi connectivity index (χ0) is 14.4. The first kappa shape index (κ1) is 14.7. The van der Waals surface area contributed by atoms with E-state index in [-0.39, 0.29) is 0 Å². The minimum atomic E-state index is -5.08. The van der Waals surface area contributed by atoms with Crippen molar-refractivity contribution in [1.82, 2.24) is 5.32 Å². The number of hydrogen-bond donors (Lipinski definition) is 2. The van der Waals surface area contributed by atoms with E-state index in [1.807, 2.05) is 0 Å². The van der Waals surface area contributed by atoms with Crippen molar-refractivity contribution < 1.29 is 36.3 Å². The smallest absolute Gasteiger partial charge is 0.471 e. The lowest BCUT2D eigenvalue weighted by Crippen LogP contribution is -2.63. The fraction of sp³-hybridized carbons (Fsp3) is 0.750. The van der Waals surface area contributed by atoms with Crippen LogP contribution in [0.3, 0.4) is 0 Å². The molecule has 1 saturated carbocycles. The third kappa shape index (κ3) is 2.42. The van der Waals surface area contributed by atoms with Crippen LogP contribution in [0.25, 0.3) is 0 Å². The Hall–Kier alpha value is -1.32. The highest BCUT2D eigenvalue weighted by Gasteiger charge is 2.59. The van der Waals surface area contributed by atoms with E-state index in [2.05, 4.69) is 0 Å². The van der Waals surface area contributed by atoms with Gasteiger partial charge in [0.2, 0.25) is 0 Å². The largest absolute Gasteiger partial charge is 0.480 e. The first-order valence-corrected chi connectivity index (χ1v) is 6.60. The highest BCUT2D eigenvalue weighted by atomic mass is 32.2. The van der Waals surface area contributed by atoms with Crippen LogP contribution in [0.4, 0.5) is 13.2 Å². The van der Waals surface area contributed by atoms with Gasteiger partial charge in [0, 0.05) is 12.3 Å². The van der Waals surface area contributed by atoms with Crippen LogP contribution in [0.5, 0.6) is 0 Å². The summed E-state index contributed by atoms with van der Waals surface area (Å²) in [4.78, 5) is 21.4. The van der Waals surface area contributed by atoms with E-state index in [0.717, 1.165) is 0 Å². The molecular weight excluding hydrogens is 279 g/mol. The van der Waals surface area contributed by atoms with E-state index < -0.39 is 51.5 Å². The summed E-state index contributed by atoms with van der Waals surface area (Å²) in [7, 11) is -3.96. The predicted octanol–water partition coefficient (Wildman–Crippen LogP) is -0.305. The van der Waals surface area contributed by atoms with Crippen molar-refractivity contribution in [2.75, 3.05) is 6.26 Å². The molecular formula is C8H10F3NO5S. The van der Waals surface area contributed by atoms with Crippen LogP contribution in [-0.2, 0) is 19.4 Å². The second kappa shape index (κ2) is 4.11. The van der Waals surface area contributed by atoms with Crippen molar-refractivity contribution in [1.29, 1.82) is 0 Å². The summed E-state index contributed by atoms with van der Waals surface area (Å²) in [5.74, 6) is -3.83. The Kier molecular flexibility index (Phi) is 3.36. The average molecular weight is 289 g/mol. The van der Waals surface area contributed by atoms with Crippen LogP contribution in [0.2, 0.25) is 0 Å². The standard InChI is InChI=1S/C8H10F3NO5S/c1-18(16,17)7(6(14)15)2-4(3-7)12-5(13)8(9,10)11/h4H,2-3H2,1H3,(H,12,13)(H,14,15). The molecule has 1 aliphatic rings. The molecule has 0 atom stereocenters. The molecule has 1 fully saturated rings. The third-order valence-electron chi connectivity index (χ3n) is 2.84. The van der Waals surface area contributed by atoms with Gasteiger partial charge in [-0.2, -0.15) is 13.2 Å². The molecule has 18 heavy (non-hydrogen) atoms. The number of rotatable bonds is 3. The second-order valence-electron chi connectivity index (χ2n) is 4.15. The molecule has 0 aromatic heterocycles. The third-order valence-corrected chi connectivity index (χ3v) is 4.77. The van der Waals surface area contributed by atoms with Gasteiger partial charge < -0.3 is 10.4 Å². The summed E-state index contributed by atoms with van der Waals surface area (Å²) >= 11 is 0. The van der Waals surface area contributed by atoms with Gasteiger partial charge in [-0.05, 0) is 12.8 Å². The minimum absolute atomic E-state index is 0.566. The Balaban J connectivity index is 2.73. The predicted molar refractivity (Wildman–Crippen MR) is 52.4 cm³/mol. The molecule has 6 nitrogen and oxygen atoms in total. The maximum atomic E-state index is 11.9. The van der Waals surface area contributed by atoms with Crippen LogP contribution in [0.1, 0.15) is 12.8 Å². The first-order chi connectivity index (χ1) is 7.90. The van der Waals surface area contributed by atoms with E-state index in [1.165, 1.54) is 0 Å². The van der Waals surface area contributed by atoms with Crippen LogP contribution in [0.15, 0.2) is 0 Å². The maximum absolute atomic E-state index is 11.9. The lowest BCUT2D eigenvalue weighted by molar-refractivity contribution is -0.175. The average Bonchev–Trinajstić information content (AvgIpc) is 2.04. The van der Waals surface area contributed by atoms with Crippen LogP contribution in [-0.4, -0.2) is 48.6 Å². The number of carboxylic acids is 1. The molecule has 0 aromatic carbocycles. The number of nitrogens with one attached hydrogen (secondary N) is 1. The van der Waals surface area contributed by atoms with Gasteiger partial charge in [0.25, 0.3) is 0 Å². The van der Waals surface area contributed by atoms with E-state index in [9.17, 15) is 31.2 Å². The lowest BCUT2D eigenvalue weighted by atomic mass is 9.79. The molecule has 0 aliphatic heterocycles. The molecule has 10 heteroatoms. The molecule has 0 radical (unpaired) electrons. The Morgan fingerprint density at radius 1 is 1.33 bits per heavy atom. The maximum Gasteiger partial charge on any atom is 0.471 e. The van der Waals surface area contributed by atoms with E-state index in [0.29, 0.717) is 6.26 Å². The molecule has 104 valence electrons. The van der Waals surface area contributed by atoms with Gasteiger partial charge in [-0.3, -0.25) is 9.59 Å². The summed E-state index contributed by atoms with van der Waals surface area (Å²) in [6.45, 7) is 0. The summed E-state index contributed by atoms with van der Waals surface area (Å²) in [5, 5.41) is 10.4. The van der Waals surface area contributed by atoms with E-state index in [1.54, 1.807) is 5.32 Å². The number of aliphatic carboxylic acids is 1. The summed E-state index contributed by atoms with van der Waals surface area (Å²) in [5.41, 5.74) is 0. The number of hydrogen-bond acceptors (Lipinski definition) is 4. The molecule has 1 amide bonds. The highest BCUT2D eigenvalue weighted by Crippen LogP contribution is 2.40. The fourth-order valence-electron chi connectivity index (χ4n) is 1.74. The molecule has 0 aromatic rings. The van der Waals surface area contributed by atoms with Gasteiger partial charge in [0.15, 0.2) is 14.6 Å². The van der Waals surface area contributed by atoms with Crippen molar-refractivity contribution in [3.63, 3.8) is 0 Å². The number of sulfone groups is 1. The first-order valence-electron chi connectivity index (χ1n) is 4.71. The molecule has 0 spiro atoms. The Bertz CT molecular complexity index is 477. The Labute approximate surface area is 100 Å². The second-order valence-corrected chi connectivity index (χ2v) is 6.47. The number of carboxylic acid groups (broad SMARTS) is 1. The molecule has 0 unspecified atom stereocenters. The fourth-order valence-corrected chi connectivity index (χ4v) is 3.07. The van der Waals surface area contributed by atoms with Crippen LogP contribution in [0, 0.1) is 0 Å². The summed E-state index contributed by atoms with van der Waals surface area (Å²) in [6, 6.07) is -1.11. The molecule has 1 aliphatic carbocycles. The van der Waals surface area contributed by atoms with Gasteiger partial charge in [-0.25, -0.2) is 8.42 Å². The van der Waals surface area contributed by atoms with Gasteiger partial charge in [-0.15, -0.1) is 0 Å².